The third kappa shape index (κ3) is 11.2. The minimum absolute atomic E-state index is 0. The molecule has 0 aliphatic heterocycles. The van der Waals surface area contributed by atoms with E-state index in [-0.39, 0.29) is 12.4 Å². The average molecular weight is 326 g/mol. The van der Waals surface area contributed by atoms with Gasteiger partial charge in [0.2, 0.25) is 0 Å². The Bertz CT molecular complexity index is 174. The van der Waals surface area contributed by atoms with Crippen LogP contribution in [0.2, 0.25) is 0 Å². The third-order valence-electron chi connectivity index (χ3n) is 4.21. The van der Waals surface area contributed by atoms with Crippen LogP contribution in [0.3, 0.4) is 0 Å². The molecule has 0 saturated heterocycles. The first-order chi connectivity index (χ1) is 9.24. The SMILES string of the molecule is CCCCCC[N+](CCl)(CCCC)CCCCCC.[Cl-]. The van der Waals surface area contributed by atoms with Crippen molar-refractivity contribution in [3.8, 4) is 0 Å². The molecule has 0 aromatic rings. The number of halogens is 2. The molecule has 1 nitrogen and oxygen atoms in total. The number of hydrogen-bond donors (Lipinski definition) is 0. The van der Waals surface area contributed by atoms with Gasteiger partial charge in [-0.15, -0.1) is 0 Å². The van der Waals surface area contributed by atoms with Crippen molar-refractivity contribution < 1.29 is 16.9 Å². The molecule has 0 atom stereocenters. The molecule has 0 aliphatic rings. The van der Waals surface area contributed by atoms with Gasteiger partial charge in [-0.1, -0.05) is 64.5 Å². The minimum Gasteiger partial charge on any atom is -1.00 e. The van der Waals surface area contributed by atoms with Gasteiger partial charge in [0.15, 0.2) is 6.00 Å². The van der Waals surface area contributed by atoms with Crippen LogP contribution in [0.25, 0.3) is 0 Å². The predicted octanol–water partition coefficient (Wildman–Crippen LogP) is 2.96. The summed E-state index contributed by atoms with van der Waals surface area (Å²) in [6, 6.07) is 0.818. The highest BCUT2D eigenvalue weighted by Crippen LogP contribution is 2.17. The normalized spacial score (nSPS) is 11.4. The Morgan fingerprint density at radius 1 is 0.600 bits per heavy atom. The molecule has 0 aromatic carbocycles. The molecular formula is C17H37Cl2N. The largest absolute Gasteiger partial charge is 1.00 e. The van der Waals surface area contributed by atoms with E-state index in [1.165, 1.54) is 88.3 Å². The Balaban J connectivity index is 0. The second-order valence-corrected chi connectivity index (χ2v) is 6.35. The van der Waals surface area contributed by atoms with Crippen LogP contribution in [0.1, 0.15) is 85.0 Å². The van der Waals surface area contributed by atoms with E-state index in [0.717, 1.165) is 6.00 Å². The zero-order chi connectivity index (χ0) is 14.4. The molecule has 0 fully saturated rings. The fraction of sp³-hybridized carbons (Fsp3) is 1.00. The lowest BCUT2D eigenvalue weighted by atomic mass is 10.1. The molecule has 0 radical (unpaired) electrons. The van der Waals surface area contributed by atoms with Crippen molar-refractivity contribution in [3.05, 3.63) is 0 Å². The molecule has 124 valence electrons. The fourth-order valence-electron chi connectivity index (χ4n) is 2.76. The van der Waals surface area contributed by atoms with Gasteiger partial charge in [-0.3, -0.25) is 0 Å². The summed E-state index contributed by atoms with van der Waals surface area (Å²) in [4.78, 5) is 0. The lowest BCUT2D eigenvalue weighted by molar-refractivity contribution is -0.918. The third-order valence-corrected chi connectivity index (χ3v) is 4.72. The lowest BCUT2D eigenvalue weighted by Crippen LogP contribution is -3.00. The number of hydrogen-bond acceptors (Lipinski definition) is 0. The molecule has 0 spiro atoms. The zero-order valence-electron chi connectivity index (χ0n) is 14.1. The maximum absolute atomic E-state index is 6.36. The molecule has 0 heterocycles. The van der Waals surface area contributed by atoms with E-state index in [9.17, 15) is 0 Å². The van der Waals surface area contributed by atoms with Crippen LogP contribution in [0.4, 0.5) is 0 Å². The molecule has 20 heavy (non-hydrogen) atoms. The highest BCUT2D eigenvalue weighted by atomic mass is 35.5. The van der Waals surface area contributed by atoms with Gasteiger partial charge in [-0.2, -0.15) is 0 Å². The fourth-order valence-corrected chi connectivity index (χ4v) is 3.11. The van der Waals surface area contributed by atoms with Crippen molar-refractivity contribution in [2.75, 3.05) is 25.6 Å². The maximum atomic E-state index is 6.36. The van der Waals surface area contributed by atoms with E-state index in [1.807, 2.05) is 0 Å². The van der Waals surface area contributed by atoms with Crippen molar-refractivity contribution in [2.45, 2.75) is 85.0 Å². The Morgan fingerprint density at radius 2 is 1.00 bits per heavy atom. The average Bonchev–Trinajstić information content (AvgIpc) is 2.45. The van der Waals surface area contributed by atoms with Crippen LogP contribution in [0.5, 0.6) is 0 Å². The molecule has 0 saturated carbocycles. The summed E-state index contributed by atoms with van der Waals surface area (Å²) in [5.74, 6) is 0. The Morgan fingerprint density at radius 3 is 1.35 bits per heavy atom. The molecule has 0 amide bonds. The molecule has 0 aliphatic carbocycles. The van der Waals surface area contributed by atoms with Gasteiger partial charge >= 0.3 is 0 Å². The van der Waals surface area contributed by atoms with E-state index in [0.29, 0.717) is 0 Å². The second kappa shape index (κ2) is 15.9. The molecule has 0 unspecified atom stereocenters. The van der Waals surface area contributed by atoms with Crippen molar-refractivity contribution in [3.63, 3.8) is 0 Å². The van der Waals surface area contributed by atoms with Crippen LogP contribution in [-0.4, -0.2) is 30.1 Å². The van der Waals surface area contributed by atoms with Crippen molar-refractivity contribution >= 4 is 11.6 Å². The van der Waals surface area contributed by atoms with Gasteiger partial charge in [0.25, 0.3) is 0 Å². The standard InChI is InChI=1S/C17H37ClN.ClH/c1-4-7-10-12-15-19(17-18,14-9-6-3)16-13-11-8-5-2;/h4-17H2,1-3H3;1H/q+1;/p-1. The van der Waals surface area contributed by atoms with Crippen LogP contribution in [0, 0.1) is 0 Å². The first kappa shape index (κ1) is 22.8. The van der Waals surface area contributed by atoms with Crippen LogP contribution in [0.15, 0.2) is 0 Å². The summed E-state index contributed by atoms with van der Waals surface area (Å²) in [7, 11) is 0. The van der Waals surface area contributed by atoms with E-state index >= 15 is 0 Å². The summed E-state index contributed by atoms with van der Waals surface area (Å²) in [6.45, 7) is 10.7. The zero-order valence-corrected chi connectivity index (χ0v) is 15.6. The van der Waals surface area contributed by atoms with E-state index in [2.05, 4.69) is 20.8 Å². The number of unbranched alkanes of at least 4 members (excludes halogenated alkanes) is 7. The number of rotatable bonds is 14. The molecule has 0 N–H and O–H groups in total. The van der Waals surface area contributed by atoms with Gasteiger partial charge < -0.3 is 16.9 Å². The Hall–Kier alpha value is 0.540. The summed E-state index contributed by atoms with van der Waals surface area (Å²) in [6.07, 6.45) is 13.5. The lowest BCUT2D eigenvalue weighted by Gasteiger charge is -2.37. The van der Waals surface area contributed by atoms with Crippen molar-refractivity contribution in [1.29, 1.82) is 0 Å². The van der Waals surface area contributed by atoms with E-state index in [1.54, 1.807) is 0 Å². The van der Waals surface area contributed by atoms with Gasteiger partial charge in [-0.05, 0) is 32.1 Å². The number of alkyl halides is 1. The van der Waals surface area contributed by atoms with Gasteiger partial charge in [0.1, 0.15) is 0 Å². The monoisotopic (exact) mass is 325 g/mol. The smallest absolute Gasteiger partial charge is 0.154 e. The second-order valence-electron chi connectivity index (χ2n) is 6.11. The quantitative estimate of drug-likeness (QED) is 0.199. The Labute approximate surface area is 139 Å². The van der Waals surface area contributed by atoms with Crippen LogP contribution >= 0.6 is 11.6 Å². The molecule has 3 heteroatoms. The van der Waals surface area contributed by atoms with Gasteiger partial charge in [-0.25, -0.2) is 0 Å². The van der Waals surface area contributed by atoms with E-state index < -0.39 is 0 Å². The Kier molecular flexibility index (Phi) is 18.2. The molecular weight excluding hydrogens is 289 g/mol. The topological polar surface area (TPSA) is 0 Å². The molecule has 0 bridgehead atoms. The summed E-state index contributed by atoms with van der Waals surface area (Å²) >= 11 is 6.36. The summed E-state index contributed by atoms with van der Waals surface area (Å²) in [5, 5.41) is 0. The maximum Gasteiger partial charge on any atom is 0.154 e. The first-order valence-corrected chi connectivity index (χ1v) is 9.19. The highest BCUT2D eigenvalue weighted by Gasteiger charge is 2.24. The minimum atomic E-state index is 0. The van der Waals surface area contributed by atoms with E-state index in [4.69, 9.17) is 11.6 Å². The predicted molar refractivity (Wildman–Crippen MR) is 88.8 cm³/mol. The van der Waals surface area contributed by atoms with Gasteiger partial charge in [0, 0.05) is 0 Å². The molecule has 0 rings (SSSR count). The summed E-state index contributed by atoms with van der Waals surface area (Å²) < 4.78 is 1.17. The first-order valence-electron chi connectivity index (χ1n) is 8.65. The van der Waals surface area contributed by atoms with Crippen molar-refractivity contribution in [1.82, 2.24) is 0 Å². The number of quaternary nitrogens is 1. The molecule has 0 aromatic heterocycles. The van der Waals surface area contributed by atoms with Crippen molar-refractivity contribution in [2.24, 2.45) is 0 Å². The highest BCUT2D eigenvalue weighted by molar-refractivity contribution is 6.16. The van der Waals surface area contributed by atoms with Crippen LogP contribution < -0.4 is 12.4 Å². The van der Waals surface area contributed by atoms with Gasteiger partial charge in [0.05, 0.1) is 19.6 Å². The van der Waals surface area contributed by atoms with Crippen LogP contribution in [-0.2, 0) is 0 Å². The number of nitrogens with zero attached hydrogens (tertiary/aromatic N) is 1. The summed E-state index contributed by atoms with van der Waals surface area (Å²) in [5.41, 5.74) is 0.